The molecule has 0 N–H and O–H groups in total. The Morgan fingerprint density at radius 2 is 1.76 bits per heavy atom. The van der Waals surface area contributed by atoms with Gasteiger partial charge in [-0.15, -0.1) is 4.31 Å². The third-order valence-electron chi connectivity index (χ3n) is 7.94. The van der Waals surface area contributed by atoms with Crippen LogP contribution in [0.4, 0.5) is 5.69 Å². The van der Waals surface area contributed by atoms with Gasteiger partial charge in [0.05, 0.1) is 25.0 Å². The number of hydrogen-bond donors (Lipinski definition) is 0. The average molecular weight is 534 g/mol. The van der Waals surface area contributed by atoms with Gasteiger partial charge in [-0.25, -0.2) is 0 Å². The molecule has 1 saturated heterocycles. The molecule has 3 aliphatic rings. The molecule has 0 bridgehead atoms. The van der Waals surface area contributed by atoms with Gasteiger partial charge >= 0.3 is 0 Å². The molecule has 1 unspecified atom stereocenters. The summed E-state index contributed by atoms with van der Waals surface area (Å²) in [5.41, 5.74) is 4.17. The number of rotatable bonds is 5. The zero-order valence-corrected chi connectivity index (χ0v) is 22.2. The van der Waals surface area contributed by atoms with Crippen LogP contribution in [-0.2, 0) is 28.1 Å². The molecule has 1 spiro atoms. The summed E-state index contributed by atoms with van der Waals surface area (Å²) < 4.78 is 13.6. The van der Waals surface area contributed by atoms with Crippen LogP contribution in [-0.4, -0.2) is 58.0 Å². The van der Waals surface area contributed by atoms with Gasteiger partial charge in [0.2, 0.25) is 5.91 Å². The van der Waals surface area contributed by atoms with E-state index in [4.69, 9.17) is 11.6 Å². The lowest BCUT2D eigenvalue weighted by molar-refractivity contribution is -0.120. The van der Waals surface area contributed by atoms with Crippen molar-refractivity contribution in [1.29, 1.82) is 0 Å². The lowest BCUT2D eigenvalue weighted by atomic mass is 9.92. The van der Waals surface area contributed by atoms with Gasteiger partial charge in [0.25, 0.3) is 5.91 Å². The molecule has 37 heavy (non-hydrogen) atoms. The normalized spacial score (nSPS) is 23.9. The maximum absolute atomic E-state index is 13.9. The topological polar surface area (TPSA) is 66.9 Å². The molecule has 6 rings (SSSR count). The van der Waals surface area contributed by atoms with Crippen molar-refractivity contribution in [2.45, 2.75) is 24.3 Å². The maximum atomic E-state index is 13.9. The number of para-hydroxylation sites is 1. The van der Waals surface area contributed by atoms with Gasteiger partial charge in [-0.1, -0.05) is 54.1 Å². The number of fused-ring (bicyclic) bond motifs is 2. The molecule has 1 saturated carbocycles. The first kappa shape index (κ1) is 24.5. The van der Waals surface area contributed by atoms with Crippen molar-refractivity contribution in [2.75, 3.05) is 37.3 Å². The summed E-state index contributed by atoms with van der Waals surface area (Å²) >= 11 is 5.08. The van der Waals surface area contributed by atoms with Crippen LogP contribution in [0.1, 0.15) is 39.4 Å². The highest BCUT2D eigenvalue weighted by atomic mass is 35.5. The Morgan fingerprint density at radius 3 is 2.49 bits per heavy atom. The van der Waals surface area contributed by atoms with Crippen molar-refractivity contribution < 1.29 is 14.1 Å². The molecule has 1 aliphatic carbocycles. The zero-order valence-electron chi connectivity index (χ0n) is 20.6. The first-order valence-electron chi connectivity index (χ1n) is 12.5. The van der Waals surface area contributed by atoms with E-state index in [0.717, 1.165) is 28.8 Å². The lowest BCUT2D eigenvalue weighted by Gasteiger charge is -2.33. The van der Waals surface area contributed by atoms with Crippen LogP contribution in [0.2, 0.25) is 5.02 Å². The summed E-state index contributed by atoms with van der Waals surface area (Å²) in [6.45, 7) is 2.72. The van der Waals surface area contributed by atoms with Crippen LogP contribution in [0.5, 0.6) is 0 Å². The molecular formula is C29H28ClN3O3S. The molecule has 0 aromatic heterocycles. The van der Waals surface area contributed by atoms with Crippen molar-refractivity contribution in [3.8, 4) is 0 Å². The summed E-state index contributed by atoms with van der Waals surface area (Å²) in [6.07, 6.45) is 2.45. The fourth-order valence-corrected chi connectivity index (χ4v) is 6.72. The number of amides is 2. The van der Waals surface area contributed by atoms with Crippen LogP contribution in [0.3, 0.4) is 0 Å². The Labute approximate surface area is 225 Å². The van der Waals surface area contributed by atoms with E-state index in [0.29, 0.717) is 43.3 Å². The van der Waals surface area contributed by atoms with Crippen LogP contribution < -0.4 is 4.90 Å². The molecule has 3 aromatic carbocycles. The quantitative estimate of drug-likeness (QED) is 0.457. The van der Waals surface area contributed by atoms with Gasteiger partial charge in [0, 0.05) is 46.6 Å². The first-order valence-corrected chi connectivity index (χ1v) is 14.4. The standard InChI is InChI=1S/C29H28ClN3O3S/c1-37(36)32-15-13-31(14-16-32)27(34)22-6-4-5-20(17-22)19-33-26-8-3-2-7-24(26)29(28(33)35)18-25(29)21-9-11-23(30)12-10-21/h2-12,17,25H,13-16,18-19H2,1H3/t25-,29-,37?/m1/s1. The minimum absolute atomic E-state index is 0.0296. The average Bonchev–Trinajstić information content (AvgIpc) is 3.63. The number of carbonyl (C=O) groups is 2. The van der Waals surface area contributed by atoms with Crippen molar-refractivity contribution >= 4 is 40.5 Å². The Kier molecular flexibility index (Phi) is 6.27. The van der Waals surface area contributed by atoms with E-state index < -0.39 is 16.8 Å². The number of halogens is 1. The van der Waals surface area contributed by atoms with E-state index in [9.17, 15) is 14.1 Å². The molecule has 2 heterocycles. The van der Waals surface area contributed by atoms with E-state index in [2.05, 4.69) is 6.07 Å². The van der Waals surface area contributed by atoms with Gasteiger partial charge in [-0.3, -0.25) is 9.59 Å². The molecule has 8 heteroatoms. The number of carbonyl (C=O) groups excluding carboxylic acids is 2. The fourth-order valence-electron chi connectivity index (χ4n) is 5.92. The predicted molar refractivity (Wildman–Crippen MR) is 146 cm³/mol. The van der Waals surface area contributed by atoms with E-state index in [1.54, 1.807) is 6.26 Å². The second kappa shape index (κ2) is 9.48. The summed E-state index contributed by atoms with van der Waals surface area (Å²) in [5.74, 6) is 0.222. The Hall–Kier alpha value is -2.84. The molecule has 0 radical (unpaired) electrons. The maximum Gasteiger partial charge on any atom is 0.253 e. The van der Waals surface area contributed by atoms with Crippen LogP contribution in [0.25, 0.3) is 0 Å². The summed E-state index contributed by atoms with van der Waals surface area (Å²) in [4.78, 5) is 30.8. The molecule has 2 aliphatic heterocycles. The number of benzene rings is 3. The third-order valence-corrected chi connectivity index (χ3v) is 9.28. The highest BCUT2D eigenvalue weighted by Gasteiger charge is 2.67. The Bertz CT molecular complexity index is 1360. The van der Waals surface area contributed by atoms with Crippen molar-refractivity contribution in [3.63, 3.8) is 0 Å². The SMILES string of the molecule is C[S+]([O-])N1CCN(C(=O)c2cccc(CN3C(=O)[C@]4(C[C@@H]4c4ccc(Cl)cc4)c4ccccc43)c2)CC1. The van der Waals surface area contributed by atoms with Crippen molar-refractivity contribution in [2.24, 2.45) is 0 Å². The Morgan fingerprint density at radius 1 is 1.03 bits per heavy atom. The number of hydrogen-bond acceptors (Lipinski definition) is 4. The molecule has 190 valence electrons. The molecule has 2 amide bonds. The van der Waals surface area contributed by atoms with Gasteiger partial charge in [0.15, 0.2) is 0 Å². The number of nitrogens with zero attached hydrogens (tertiary/aromatic N) is 3. The minimum Gasteiger partial charge on any atom is -0.598 e. The third kappa shape index (κ3) is 4.24. The van der Waals surface area contributed by atoms with Crippen LogP contribution >= 0.6 is 11.6 Å². The largest absolute Gasteiger partial charge is 0.598 e. The highest BCUT2D eigenvalue weighted by Crippen LogP contribution is 2.66. The van der Waals surface area contributed by atoms with Crippen LogP contribution in [0, 0.1) is 0 Å². The van der Waals surface area contributed by atoms with Crippen molar-refractivity contribution in [1.82, 2.24) is 9.21 Å². The van der Waals surface area contributed by atoms with E-state index in [-0.39, 0.29) is 17.7 Å². The second-order valence-corrected chi connectivity index (χ2v) is 11.8. The molecular weight excluding hydrogens is 506 g/mol. The molecule has 6 nitrogen and oxygen atoms in total. The van der Waals surface area contributed by atoms with Gasteiger partial charge in [-0.2, -0.15) is 0 Å². The van der Waals surface area contributed by atoms with E-state index in [1.807, 2.05) is 80.8 Å². The highest BCUT2D eigenvalue weighted by molar-refractivity contribution is 7.88. The molecule has 3 atom stereocenters. The van der Waals surface area contributed by atoms with Crippen molar-refractivity contribution in [3.05, 3.63) is 100 Å². The fraction of sp³-hybridized carbons (Fsp3) is 0.310. The van der Waals surface area contributed by atoms with Gasteiger partial charge < -0.3 is 14.4 Å². The minimum atomic E-state index is -1.02. The number of piperazine rings is 1. The monoisotopic (exact) mass is 533 g/mol. The summed E-state index contributed by atoms with van der Waals surface area (Å²) in [6, 6.07) is 23.5. The van der Waals surface area contributed by atoms with E-state index >= 15 is 0 Å². The smallest absolute Gasteiger partial charge is 0.253 e. The summed E-state index contributed by atoms with van der Waals surface area (Å²) in [7, 11) is 0. The van der Waals surface area contributed by atoms with E-state index in [1.165, 1.54) is 0 Å². The predicted octanol–water partition coefficient (Wildman–Crippen LogP) is 4.36. The lowest BCUT2D eigenvalue weighted by Crippen LogP contribution is -2.50. The molecule has 3 aromatic rings. The van der Waals surface area contributed by atoms with Gasteiger partial charge in [0.1, 0.15) is 6.26 Å². The summed E-state index contributed by atoms with van der Waals surface area (Å²) in [5, 5.41) is 0.690. The first-order chi connectivity index (χ1) is 17.9. The Balaban J connectivity index is 1.22. The molecule has 2 fully saturated rings. The zero-order chi connectivity index (χ0) is 25.7. The second-order valence-electron chi connectivity index (χ2n) is 10.0. The number of anilines is 1. The van der Waals surface area contributed by atoms with Crippen LogP contribution in [0.15, 0.2) is 72.8 Å². The van der Waals surface area contributed by atoms with Gasteiger partial charge in [-0.05, 0) is 53.4 Å².